The number of anilines is 1. The van der Waals surface area contributed by atoms with Crippen molar-refractivity contribution in [1.29, 1.82) is 0 Å². The van der Waals surface area contributed by atoms with E-state index in [1.807, 2.05) is 54.6 Å². The van der Waals surface area contributed by atoms with Gasteiger partial charge in [0, 0.05) is 17.1 Å². The van der Waals surface area contributed by atoms with Crippen molar-refractivity contribution in [3.63, 3.8) is 0 Å². The highest BCUT2D eigenvalue weighted by molar-refractivity contribution is 7.99. The molecule has 6 nitrogen and oxygen atoms in total. The molecule has 0 bridgehead atoms. The fourth-order valence-electron chi connectivity index (χ4n) is 3.51. The number of carbonyl (C=O) groups is 3. The predicted molar refractivity (Wildman–Crippen MR) is 106 cm³/mol. The Morgan fingerprint density at radius 3 is 2.61 bits per heavy atom. The van der Waals surface area contributed by atoms with Crippen LogP contribution in [-0.4, -0.2) is 36.2 Å². The third-order valence-electron chi connectivity index (χ3n) is 4.90. The number of fused-ring (bicyclic) bond motifs is 1. The van der Waals surface area contributed by atoms with E-state index in [0.717, 1.165) is 21.9 Å². The van der Waals surface area contributed by atoms with Gasteiger partial charge in [-0.2, -0.15) is 0 Å². The van der Waals surface area contributed by atoms with Crippen LogP contribution in [0.1, 0.15) is 24.4 Å². The molecule has 0 radical (unpaired) electrons. The molecule has 2 atom stereocenters. The van der Waals surface area contributed by atoms with Crippen LogP contribution >= 0.6 is 11.8 Å². The molecule has 0 spiro atoms. The normalized spacial score (nSPS) is 21.0. The number of benzene rings is 2. The van der Waals surface area contributed by atoms with Crippen molar-refractivity contribution in [1.82, 2.24) is 5.32 Å². The Balaban J connectivity index is 1.54. The first kappa shape index (κ1) is 18.6. The van der Waals surface area contributed by atoms with Gasteiger partial charge in [0.15, 0.2) is 6.61 Å². The maximum absolute atomic E-state index is 13.1. The number of esters is 1. The van der Waals surface area contributed by atoms with Gasteiger partial charge in [0.05, 0.1) is 11.7 Å². The molecule has 0 aliphatic carbocycles. The number of para-hydroxylation sites is 1. The average Bonchev–Trinajstić information content (AvgIpc) is 3.18. The highest BCUT2D eigenvalue weighted by Crippen LogP contribution is 2.43. The Morgan fingerprint density at radius 2 is 1.86 bits per heavy atom. The van der Waals surface area contributed by atoms with E-state index in [2.05, 4.69) is 5.32 Å². The first-order valence-electron chi connectivity index (χ1n) is 9.18. The summed E-state index contributed by atoms with van der Waals surface area (Å²) in [5.41, 5.74) is 1.86. The molecule has 1 N–H and O–H groups in total. The fraction of sp³-hybridized carbons (Fsp3) is 0.286. The summed E-state index contributed by atoms with van der Waals surface area (Å²) < 4.78 is 5.24. The first-order valence-corrected chi connectivity index (χ1v) is 10.2. The SMILES string of the molecule is O=C1CC[C@H](C(=O)OCC(=O)N2c3ccccc3SC[C@@H]2c2ccccc2)N1. The number of carbonyl (C=O) groups excluding carboxylic acids is 3. The second kappa shape index (κ2) is 8.06. The van der Waals surface area contributed by atoms with E-state index in [-0.39, 0.29) is 24.5 Å². The maximum Gasteiger partial charge on any atom is 0.329 e. The Kier molecular flexibility index (Phi) is 5.34. The molecule has 2 aliphatic heterocycles. The van der Waals surface area contributed by atoms with Crippen molar-refractivity contribution in [3.05, 3.63) is 60.2 Å². The molecule has 2 heterocycles. The molecule has 144 valence electrons. The zero-order valence-electron chi connectivity index (χ0n) is 15.2. The van der Waals surface area contributed by atoms with Crippen molar-refractivity contribution in [2.75, 3.05) is 17.3 Å². The lowest BCUT2D eigenvalue weighted by Gasteiger charge is -2.37. The number of nitrogens with zero attached hydrogens (tertiary/aromatic N) is 1. The topological polar surface area (TPSA) is 75.7 Å². The molecular formula is C21H20N2O4S. The Labute approximate surface area is 167 Å². The molecule has 7 heteroatoms. The third kappa shape index (κ3) is 3.75. The molecule has 0 aromatic heterocycles. The summed E-state index contributed by atoms with van der Waals surface area (Å²) >= 11 is 1.71. The summed E-state index contributed by atoms with van der Waals surface area (Å²) in [4.78, 5) is 39.3. The number of amides is 2. The van der Waals surface area contributed by atoms with Crippen LogP contribution in [-0.2, 0) is 19.1 Å². The molecule has 2 amide bonds. The minimum atomic E-state index is -0.658. The van der Waals surface area contributed by atoms with Gasteiger partial charge in [0.25, 0.3) is 5.91 Å². The van der Waals surface area contributed by atoms with Crippen molar-refractivity contribution in [2.24, 2.45) is 0 Å². The molecular weight excluding hydrogens is 376 g/mol. The fourth-order valence-corrected chi connectivity index (χ4v) is 4.68. The smallest absolute Gasteiger partial charge is 0.329 e. The number of rotatable bonds is 4. The van der Waals surface area contributed by atoms with Gasteiger partial charge in [0.1, 0.15) is 6.04 Å². The molecule has 2 aromatic rings. The van der Waals surface area contributed by atoms with E-state index >= 15 is 0 Å². The lowest BCUT2D eigenvalue weighted by Crippen LogP contribution is -2.42. The maximum atomic E-state index is 13.1. The van der Waals surface area contributed by atoms with E-state index in [1.54, 1.807) is 16.7 Å². The van der Waals surface area contributed by atoms with Gasteiger partial charge in [-0.05, 0) is 24.1 Å². The monoisotopic (exact) mass is 396 g/mol. The average molecular weight is 396 g/mol. The highest BCUT2D eigenvalue weighted by Gasteiger charge is 2.34. The van der Waals surface area contributed by atoms with Gasteiger partial charge < -0.3 is 10.1 Å². The minimum absolute atomic E-state index is 0.140. The predicted octanol–water partition coefficient (Wildman–Crippen LogP) is 2.69. The number of hydrogen-bond acceptors (Lipinski definition) is 5. The molecule has 28 heavy (non-hydrogen) atoms. The van der Waals surface area contributed by atoms with Crippen LogP contribution in [0.5, 0.6) is 0 Å². The summed E-state index contributed by atoms with van der Waals surface area (Å²) in [5.74, 6) is -0.284. The number of nitrogens with one attached hydrogen (secondary N) is 1. The molecule has 0 saturated carbocycles. The zero-order chi connectivity index (χ0) is 19.5. The van der Waals surface area contributed by atoms with Gasteiger partial charge >= 0.3 is 5.97 Å². The van der Waals surface area contributed by atoms with Crippen LogP contribution in [0.2, 0.25) is 0 Å². The van der Waals surface area contributed by atoms with Gasteiger partial charge in [-0.25, -0.2) is 4.79 Å². The molecule has 2 aliphatic rings. The molecule has 1 saturated heterocycles. The third-order valence-corrected chi connectivity index (χ3v) is 6.04. The number of hydrogen-bond donors (Lipinski definition) is 1. The van der Waals surface area contributed by atoms with E-state index in [9.17, 15) is 14.4 Å². The van der Waals surface area contributed by atoms with Crippen LogP contribution in [0.25, 0.3) is 0 Å². The Hall–Kier alpha value is -2.80. The minimum Gasteiger partial charge on any atom is -0.454 e. The van der Waals surface area contributed by atoms with Gasteiger partial charge in [-0.3, -0.25) is 14.5 Å². The quantitative estimate of drug-likeness (QED) is 0.805. The van der Waals surface area contributed by atoms with E-state index < -0.39 is 12.0 Å². The standard InChI is InChI=1S/C21H20N2O4S/c24-19-11-10-15(22-19)21(26)27-12-20(25)23-16-8-4-5-9-18(16)28-13-17(23)14-6-2-1-3-7-14/h1-9,15,17H,10-13H2,(H,22,24)/t15-,17-/m1/s1. The van der Waals surface area contributed by atoms with Crippen molar-refractivity contribution in [2.45, 2.75) is 29.8 Å². The van der Waals surface area contributed by atoms with Gasteiger partial charge in [-0.1, -0.05) is 42.5 Å². The van der Waals surface area contributed by atoms with Crippen LogP contribution in [0, 0.1) is 0 Å². The van der Waals surface area contributed by atoms with E-state index in [1.165, 1.54) is 0 Å². The van der Waals surface area contributed by atoms with E-state index in [0.29, 0.717) is 12.8 Å². The van der Waals surface area contributed by atoms with Gasteiger partial charge in [-0.15, -0.1) is 11.8 Å². The summed E-state index contributed by atoms with van der Waals surface area (Å²) in [6, 6.07) is 16.8. The first-order chi connectivity index (χ1) is 13.6. The Bertz CT molecular complexity index is 902. The summed E-state index contributed by atoms with van der Waals surface area (Å²) in [5, 5.41) is 2.57. The largest absolute Gasteiger partial charge is 0.454 e. The molecule has 1 fully saturated rings. The van der Waals surface area contributed by atoms with Crippen molar-refractivity contribution < 1.29 is 19.1 Å². The second-order valence-electron chi connectivity index (χ2n) is 6.74. The van der Waals surface area contributed by atoms with Crippen LogP contribution < -0.4 is 10.2 Å². The lowest BCUT2D eigenvalue weighted by molar-refractivity contribution is -0.150. The molecule has 2 aromatic carbocycles. The van der Waals surface area contributed by atoms with Gasteiger partial charge in [0.2, 0.25) is 5.91 Å². The Morgan fingerprint density at radius 1 is 1.11 bits per heavy atom. The molecule has 0 unspecified atom stereocenters. The zero-order valence-corrected chi connectivity index (χ0v) is 16.0. The molecule has 4 rings (SSSR count). The summed E-state index contributed by atoms with van der Waals surface area (Å²) in [6.07, 6.45) is 0.711. The van der Waals surface area contributed by atoms with Crippen molar-refractivity contribution >= 4 is 35.2 Å². The van der Waals surface area contributed by atoms with Crippen LogP contribution in [0.3, 0.4) is 0 Å². The van der Waals surface area contributed by atoms with Crippen LogP contribution in [0.4, 0.5) is 5.69 Å². The van der Waals surface area contributed by atoms with E-state index in [4.69, 9.17) is 4.74 Å². The van der Waals surface area contributed by atoms with Crippen LogP contribution in [0.15, 0.2) is 59.5 Å². The number of thioether (sulfide) groups is 1. The number of ether oxygens (including phenoxy) is 1. The summed E-state index contributed by atoms with van der Waals surface area (Å²) in [6.45, 7) is -0.354. The highest BCUT2D eigenvalue weighted by atomic mass is 32.2. The second-order valence-corrected chi connectivity index (χ2v) is 7.80. The summed E-state index contributed by atoms with van der Waals surface area (Å²) in [7, 11) is 0. The van der Waals surface area contributed by atoms with Crippen molar-refractivity contribution in [3.8, 4) is 0 Å². The lowest BCUT2D eigenvalue weighted by atomic mass is 10.1.